The second-order valence-electron chi connectivity index (χ2n) is 8.81. The van der Waals surface area contributed by atoms with E-state index in [4.69, 9.17) is 10.1 Å². The topological polar surface area (TPSA) is 80.5 Å². The Hall–Kier alpha value is -2.29. The summed E-state index contributed by atoms with van der Waals surface area (Å²) < 4.78 is 0. The highest BCUT2D eigenvalue weighted by molar-refractivity contribution is 5.70. The van der Waals surface area contributed by atoms with E-state index in [1.165, 1.54) is 11.1 Å². The third kappa shape index (κ3) is 2.51. The molecule has 0 radical (unpaired) electrons. The molecule has 2 aliphatic carbocycles. The Morgan fingerprint density at radius 3 is 2.59 bits per heavy atom. The molecular weight excluding hydrogens is 340 g/mol. The molecule has 6 rings (SSSR count). The van der Waals surface area contributed by atoms with E-state index in [-0.39, 0.29) is 0 Å². The lowest BCUT2D eigenvalue weighted by atomic mass is 9.60. The van der Waals surface area contributed by atoms with Crippen molar-refractivity contribution in [1.82, 2.24) is 4.98 Å². The molecule has 27 heavy (non-hydrogen) atoms. The molecule has 142 valence electrons. The lowest BCUT2D eigenvalue weighted by Crippen LogP contribution is -2.56. The van der Waals surface area contributed by atoms with Gasteiger partial charge in [-0.1, -0.05) is 0 Å². The SMILES string of the molecule is C[C@H]1CCN1c1nc(N2C[C@H]3C[C@@H](C2)C3CC(=O)O)c2c(c1C#N)CCC2. The van der Waals surface area contributed by atoms with Crippen molar-refractivity contribution in [2.75, 3.05) is 29.4 Å². The van der Waals surface area contributed by atoms with Crippen LogP contribution in [0.4, 0.5) is 11.6 Å². The smallest absolute Gasteiger partial charge is 0.303 e. The molecule has 1 saturated carbocycles. The Bertz CT molecular complexity index is 834. The summed E-state index contributed by atoms with van der Waals surface area (Å²) in [5.74, 6) is 2.57. The van der Waals surface area contributed by atoms with Crippen LogP contribution >= 0.6 is 0 Å². The van der Waals surface area contributed by atoms with Crippen LogP contribution in [0.15, 0.2) is 0 Å². The third-order valence-corrected chi connectivity index (χ3v) is 7.36. The van der Waals surface area contributed by atoms with Crippen LogP contribution in [0.25, 0.3) is 0 Å². The van der Waals surface area contributed by atoms with Gasteiger partial charge in [0.2, 0.25) is 0 Å². The molecule has 0 spiro atoms. The maximum atomic E-state index is 11.1. The summed E-state index contributed by atoms with van der Waals surface area (Å²) >= 11 is 0. The van der Waals surface area contributed by atoms with Gasteiger partial charge in [-0.15, -0.1) is 0 Å². The van der Waals surface area contributed by atoms with Gasteiger partial charge in [-0.3, -0.25) is 4.79 Å². The minimum atomic E-state index is -0.672. The summed E-state index contributed by atoms with van der Waals surface area (Å²) in [5, 5.41) is 19.0. The minimum absolute atomic E-state index is 0.304. The van der Waals surface area contributed by atoms with Crippen molar-refractivity contribution in [1.29, 1.82) is 5.26 Å². The molecule has 1 aromatic rings. The van der Waals surface area contributed by atoms with Gasteiger partial charge in [-0.25, -0.2) is 4.98 Å². The van der Waals surface area contributed by atoms with Crippen LogP contribution in [0.3, 0.4) is 0 Å². The van der Waals surface area contributed by atoms with Crippen LogP contribution in [-0.4, -0.2) is 41.7 Å². The van der Waals surface area contributed by atoms with Gasteiger partial charge in [0.05, 0.1) is 5.56 Å². The van der Waals surface area contributed by atoms with Crippen molar-refractivity contribution in [3.8, 4) is 6.07 Å². The minimum Gasteiger partial charge on any atom is -0.481 e. The first-order valence-corrected chi connectivity index (χ1v) is 10.3. The van der Waals surface area contributed by atoms with Crippen molar-refractivity contribution in [3.05, 3.63) is 16.7 Å². The van der Waals surface area contributed by atoms with Crippen LogP contribution in [0.2, 0.25) is 0 Å². The Morgan fingerprint density at radius 2 is 2.00 bits per heavy atom. The van der Waals surface area contributed by atoms with Crippen LogP contribution in [0, 0.1) is 29.1 Å². The molecule has 4 atom stereocenters. The predicted octanol–water partition coefficient (Wildman–Crippen LogP) is 2.59. The van der Waals surface area contributed by atoms with Gasteiger partial charge in [0.1, 0.15) is 17.7 Å². The number of rotatable bonds is 4. The monoisotopic (exact) mass is 366 g/mol. The lowest BCUT2D eigenvalue weighted by molar-refractivity contribution is -0.141. The fourth-order valence-electron chi connectivity index (χ4n) is 5.74. The van der Waals surface area contributed by atoms with E-state index in [2.05, 4.69) is 22.8 Å². The first-order chi connectivity index (χ1) is 13.1. The van der Waals surface area contributed by atoms with Gasteiger partial charge >= 0.3 is 5.97 Å². The molecule has 5 aliphatic rings. The molecular formula is C21H26N4O2. The molecule has 6 nitrogen and oxygen atoms in total. The van der Waals surface area contributed by atoms with Crippen LogP contribution in [0.5, 0.6) is 0 Å². The summed E-state index contributed by atoms with van der Waals surface area (Å²) in [6.07, 6.45) is 5.70. The fraction of sp³-hybridized carbons (Fsp3) is 0.667. The number of carboxylic acid groups (broad SMARTS) is 1. The second kappa shape index (κ2) is 6.12. The maximum absolute atomic E-state index is 11.1. The van der Waals surface area contributed by atoms with Gasteiger partial charge in [-0.05, 0) is 67.9 Å². The Balaban J connectivity index is 1.49. The van der Waals surface area contributed by atoms with E-state index in [1.54, 1.807) is 0 Å². The number of pyridine rings is 1. The number of anilines is 2. The van der Waals surface area contributed by atoms with E-state index >= 15 is 0 Å². The largest absolute Gasteiger partial charge is 0.481 e. The molecule has 4 fully saturated rings. The first-order valence-electron chi connectivity index (χ1n) is 10.3. The van der Waals surface area contributed by atoms with Crippen LogP contribution in [0.1, 0.15) is 49.3 Å². The highest BCUT2D eigenvalue weighted by atomic mass is 16.4. The van der Waals surface area contributed by atoms with Crippen molar-refractivity contribution in [3.63, 3.8) is 0 Å². The maximum Gasteiger partial charge on any atom is 0.303 e. The van der Waals surface area contributed by atoms with E-state index in [9.17, 15) is 10.1 Å². The highest BCUT2D eigenvalue weighted by Gasteiger charge is 2.48. The van der Waals surface area contributed by atoms with Gasteiger partial charge in [0.25, 0.3) is 0 Å². The number of aromatic nitrogens is 1. The van der Waals surface area contributed by atoms with E-state index in [0.29, 0.717) is 30.2 Å². The van der Waals surface area contributed by atoms with E-state index in [0.717, 1.165) is 68.9 Å². The quantitative estimate of drug-likeness (QED) is 0.882. The molecule has 3 saturated heterocycles. The summed E-state index contributed by atoms with van der Waals surface area (Å²) in [5.41, 5.74) is 3.29. The van der Waals surface area contributed by atoms with Crippen molar-refractivity contribution in [2.45, 2.75) is 51.5 Å². The fourth-order valence-corrected chi connectivity index (χ4v) is 5.74. The zero-order valence-corrected chi connectivity index (χ0v) is 15.8. The second-order valence-corrected chi connectivity index (χ2v) is 8.81. The first kappa shape index (κ1) is 16.9. The number of carbonyl (C=O) groups is 1. The van der Waals surface area contributed by atoms with Crippen molar-refractivity contribution < 1.29 is 9.90 Å². The number of hydrogen-bond acceptors (Lipinski definition) is 5. The van der Waals surface area contributed by atoms with Crippen molar-refractivity contribution in [2.24, 2.45) is 17.8 Å². The highest BCUT2D eigenvalue weighted by Crippen LogP contribution is 2.49. The summed E-state index contributed by atoms with van der Waals surface area (Å²) in [7, 11) is 0. The van der Waals surface area contributed by atoms with E-state index in [1.807, 2.05) is 0 Å². The Kier molecular flexibility index (Phi) is 3.82. The van der Waals surface area contributed by atoms with E-state index < -0.39 is 5.97 Å². The summed E-state index contributed by atoms with van der Waals surface area (Å²) in [4.78, 5) is 20.9. The number of nitrogens with zero attached hydrogens (tertiary/aromatic N) is 4. The number of aliphatic carboxylic acids is 1. The van der Waals surface area contributed by atoms with Gasteiger partial charge in [-0.2, -0.15) is 5.26 Å². The Labute approximate surface area is 159 Å². The lowest BCUT2D eigenvalue weighted by Gasteiger charge is -2.54. The number of piperidine rings is 2. The van der Waals surface area contributed by atoms with Gasteiger partial charge in [0, 0.05) is 32.1 Å². The molecule has 6 heteroatoms. The molecule has 3 aliphatic heterocycles. The van der Waals surface area contributed by atoms with Crippen LogP contribution < -0.4 is 9.80 Å². The third-order valence-electron chi connectivity index (χ3n) is 7.36. The standard InChI is InChI=1S/C21H26N4O2/c1-12-5-6-25(12)21-18(9-22)15-3-2-4-16(15)20(23-21)24-10-13-7-14(11-24)17(13)8-19(26)27/h12-14,17H,2-8,10-11H2,1H3,(H,26,27)/t12-,13-,14+,17?/m0/s1. The molecule has 2 bridgehead atoms. The van der Waals surface area contributed by atoms with Crippen LogP contribution in [-0.2, 0) is 17.6 Å². The normalized spacial score (nSPS) is 31.0. The molecule has 1 unspecified atom stereocenters. The summed E-state index contributed by atoms with van der Waals surface area (Å²) in [6, 6.07) is 2.90. The van der Waals surface area contributed by atoms with Crippen molar-refractivity contribution >= 4 is 17.6 Å². The summed E-state index contributed by atoms with van der Waals surface area (Å²) in [6.45, 7) is 5.00. The predicted molar refractivity (Wildman–Crippen MR) is 102 cm³/mol. The Morgan fingerprint density at radius 1 is 1.26 bits per heavy atom. The van der Waals surface area contributed by atoms with Gasteiger partial charge in [0.15, 0.2) is 0 Å². The average Bonchev–Trinajstić information content (AvgIpc) is 3.13. The molecule has 1 aromatic heterocycles. The molecule has 1 N–H and O–H groups in total. The zero-order valence-electron chi connectivity index (χ0n) is 15.8. The van der Waals surface area contributed by atoms with Gasteiger partial charge < -0.3 is 14.9 Å². The molecule has 0 amide bonds. The molecule has 4 heterocycles. The number of carboxylic acids is 1. The zero-order chi connectivity index (χ0) is 18.7. The number of hydrogen-bond donors (Lipinski definition) is 1. The molecule has 0 aromatic carbocycles. The number of fused-ring (bicyclic) bond motifs is 3. The number of nitriles is 1. The average molecular weight is 366 g/mol.